The molecule has 0 spiro atoms. The van der Waals surface area contributed by atoms with E-state index in [1.54, 1.807) is 12.1 Å². The van der Waals surface area contributed by atoms with Gasteiger partial charge in [0.05, 0.1) is 6.04 Å². The molecule has 1 aliphatic heterocycles. The van der Waals surface area contributed by atoms with Crippen molar-refractivity contribution in [3.05, 3.63) is 18.3 Å². The molecule has 0 saturated carbocycles. The Morgan fingerprint density at radius 1 is 1.19 bits per heavy atom. The second-order valence-electron chi connectivity index (χ2n) is 8.62. The van der Waals surface area contributed by atoms with Crippen molar-refractivity contribution >= 4 is 21.7 Å². The summed E-state index contributed by atoms with van der Waals surface area (Å²) >= 11 is 0. The molecule has 8 heteroatoms. The molecule has 1 aliphatic rings. The highest BCUT2D eigenvalue weighted by Gasteiger charge is 2.36. The lowest BCUT2D eigenvalue weighted by molar-refractivity contribution is -0.131. The molecule has 27 heavy (non-hydrogen) atoms. The van der Waals surface area contributed by atoms with E-state index in [2.05, 4.69) is 10.3 Å². The van der Waals surface area contributed by atoms with Gasteiger partial charge in [0, 0.05) is 36.8 Å². The van der Waals surface area contributed by atoms with Gasteiger partial charge in [-0.05, 0) is 60.6 Å². The van der Waals surface area contributed by atoms with Crippen LogP contribution in [-0.2, 0) is 14.8 Å². The van der Waals surface area contributed by atoms with Crippen molar-refractivity contribution in [2.24, 2.45) is 0 Å². The van der Waals surface area contributed by atoms with Crippen molar-refractivity contribution in [2.75, 3.05) is 11.9 Å². The number of aromatic nitrogens is 1. The summed E-state index contributed by atoms with van der Waals surface area (Å²) in [5.74, 6) is 0.687. The smallest absolute Gasteiger partial charge is 0.245 e. The number of nitrogens with one attached hydrogen (secondary N) is 1. The summed E-state index contributed by atoms with van der Waals surface area (Å²) in [6.07, 6.45) is 1.79. The fraction of sp³-hybridized carbons (Fsp3) is 0.684. The van der Waals surface area contributed by atoms with Crippen molar-refractivity contribution < 1.29 is 13.2 Å². The summed E-state index contributed by atoms with van der Waals surface area (Å²) in [6.45, 7) is 14.1. The molecule has 1 amide bonds. The van der Waals surface area contributed by atoms with Crippen LogP contribution in [-0.4, -0.2) is 58.7 Å². The lowest BCUT2D eigenvalue weighted by atomic mass is 10.1. The van der Waals surface area contributed by atoms with E-state index >= 15 is 0 Å². The Hall–Kier alpha value is -1.67. The van der Waals surface area contributed by atoms with E-state index in [-0.39, 0.29) is 34.5 Å². The lowest BCUT2D eigenvalue weighted by Gasteiger charge is -2.32. The first-order chi connectivity index (χ1) is 12.3. The number of pyridine rings is 1. The van der Waals surface area contributed by atoms with Crippen molar-refractivity contribution in [3.8, 4) is 0 Å². The molecule has 0 radical (unpaired) electrons. The third-order valence-corrected chi connectivity index (χ3v) is 6.85. The fourth-order valence-electron chi connectivity index (χ4n) is 3.55. The second-order valence-corrected chi connectivity index (χ2v) is 10.5. The highest BCUT2D eigenvalue weighted by atomic mass is 32.2. The van der Waals surface area contributed by atoms with Gasteiger partial charge in [0.1, 0.15) is 10.7 Å². The van der Waals surface area contributed by atoms with Gasteiger partial charge in [-0.3, -0.25) is 4.79 Å². The quantitative estimate of drug-likeness (QED) is 0.799. The molecule has 0 aromatic carbocycles. The number of anilines is 1. The zero-order valence-corrected chi connectivity index (χ0v) is 18.2. The average molecular weight is 397 g/mol. The summed E-state index contributed by atoms with van der Waals surface area (Å²) in [5, 5.41) is 3.24. The highest BCUT2D eigenvalue weighted by Crippen LogP contribution is 2.25. The van der Waals surface area contributed by atoms with Gasteiger partial charge >= 0.3 is 0 Å². The largest absolute Gasteiger partial charge is 0.365 e. The normalized spacial score (nSPS) is 18.8. The maximum atomic E-state index is 12.9. The summed E-state index contributed by atoms with van der Waals surface area (Å²) < 4.78 is 27.2. The minimum atomic E-state index is -3.60. The SMILES string of the molecule is CC(C)N(C(C)C)S(=O)(=O)c1ccc(NC2CC(=O)N(C(C)(C)C)C2)nc1. The predicted molar refractivity (Wildman–Crippen MR) is 107 cm³/mol. The van der Waals surface area contributed by atoms with E-state index in [0.717, 1.165) is 0 Å². The van der Waals surface area contributed by atoms with Gasteiger partial charge in [-0.2, -0.15) is 4.31 Å². The van der Waals surface area contributed by atoms with Gasteiger partial charge in [-0.15, -0.1) is 0 Å². The Morgan fingerprint density at radius 2 is 1.78 bits per heavy atom. The van der Waals surface area contributed by atoms with Crippen LogP contribution in [0.25, 0.3) is 0 Å². The molecule has 1 atom stereocenters. The van der Waals surface area contributed by atoms with Gasteiger partial charge in [0.15, 0.2) is 0 Å². The van der Waals surface area contributed by atoms with Gasteiger partial charge in [-0.1, -0.05) is 0 Å². The van der Waals surface area contributed by atoms with Crippen molar-refractivity contribution in [1.29, 1.82) is 0 Å². The van der Waals surface area contributed by atoms with Crippen molar-refractivity contribution in [3.63, 3.8) is 0 Å². The van der Waals surface area contributed by atoms with E-state index in [1.807, 2.05) is 53.4 Å². The van der Waals surface area contributed by atoms with Crippen LogP contribution in [0.2, 0.25) is 0 Å². The fourth-order valence-corrected chi connectivity index (χ4v) is 5.33. The molecular formula is C19H32N4O3S. The number of carbonyl (C=O) groups is 1. The van der Waals surface area contributed by atoms with Gasteiger partial charge in [0.2, 0.25) is 15.9 Å². The summed E-state index contributed by atoms with van der Waals surface area (Å²) in [4.78, 5) is 18.5. The van der Waals surface area contributed by atoms with Gasteiger partial charge in [-0.25, -0.2) is 13.4 Å². The van der Waals surface area contributed by atoms with Crippen LogP contribution in [0.1, 0.15) is 54.9 Å². The zero-order valence-electron chi connectivity index (χ0n) is 17.4. The van der Waals surface area contributed by atoms with Crippen molar-refractivity contribution in [1.82, 2.24) is 14.2 Å². The van der Waals surface area contributed by atoms with Gasteiger partial charge < -0.3 is 10.2 Å². The second kappa shape index (κ2) is 7.75. The number of nitrogens with zero attached hydrogens (tertiary/aromatic N) is 3. The van der Waals surface area contributed by atoms with Crippen LogP contribution in [0.4, 0.5) is 5.82 Å². The molecule has 0 aliphatic carbocycles. The van der Waals surface area contributed by atoms with Crippen LogP contribution in [0, 0.1) is 0 Å². The van der Waals surface area contributed by atoms with E-state index in [0.29, 0.717) is 18.8 Å². The maximum Gasteiger partial charge on any atom is 0.245 e. The monoisotopic (exact) mass is 396 g/mol. The van der Waals surface area contributed by atoms with E-state index < -0.39 is 10.0 Å². The first kappa shape index (κ1) is 21.6. The Kier molecular flexibility index (Phi) is 6.21. The van der Waals surface area contributed by atoms with E-state index in [1.165, 1.54) is 10.5 Å². The number of rotatable bonds is 6. The molecular weight excluding hydrogens is 364 g/mol. The standard InChI is InChI=1S/C19H32N4O3S/c1-13(2)23(14(3)4)27(25,26)16-8-9-17(20-11-16)21-15-10-18(24)22(12-15)19(5,6)7/h8-9,11,13-15H,10,12H2,1-7H3,(H,20,21). The third kappa shape index (κ3) is 4.79. The molecule has 2 rings (SSSR count). The minimum Gasteiger partial charge on any atom is -0.365 e. The number of hydrogen-bond donors (Lipinski definition) is 1. The summed E-state index contributed by atoms with van der Waals surface area (Å²) in [6, 6.07) is 2.92. The van der Waals surface area contributed by atoms with Crippen LogP contribution >= 0.6 is 0 Å². The molecule has 1 aromatic heterocycles. The predicted octanol–water partition coefficient (Wildman–Crippen LogP) is 2.70. The zero-order chi connectivity index (χ0) is 20.6. The molecule has 152 valence electrons. The number of hydrogen-bond acceptors (Lipinski definition) is 5. The number of carbonyl (C=O) groups excluding carboxylic acids is 1. The number of amides is 1. The van der Waals surface area contributed by atoms with Crippen LogP contribution in [0.15, 0.2) is 23.2 Å². The Bertz CT molecular complexity index is 759. The van der Waals surface area contributed by atoms with Gasteiger partial charge in [0.25, 0.3) is 0 Å². The molecule has 1 N–H and O–H groups in total. The molecule has 1 saturated heterocycles. The maximum absolute atomic E-state index is 12.9. The van der Waals surface area contributed by atoms with E-state index in [9.17, 15) is 13.2 Å². The third-order valence-electron chi connectivity index (χ3n) is 4.62. The topological polar surface area (TPSA) is 82.6 Å². The first-order valence-corrected chi connectivity index (χ1v) is 10.8. The Labute approximate surface area is 163 Å². The lowest BCUT2D eigenvalue weighted by Crippen LogP contribution is -2.43. The average Bonchev–Trinajstić information content (AvgIpc) is 2.87. The highest BCUT2D eigenvalue weighted by molar-refractivity contribution is 7.89. The number of sulfonamides is 1. The molecule has 1 unspecified atom stereocenters. The molecule has 7 nitrogen and oxygen atoms in total. The minimum absolute atomic E-state index is 0.0329. The number of likely N-dealkylation sites (tertiary alicyclic amines) is 1. The first-order valence-electron chi connectivity index (χ1n) is 9.40. The van der Waals surface area contributed by atoms with Crippen LogP contribution in [0.5, 0.6) is 0 Å². The van der Waals surface area contributed by atoms with Crippen LogP contribution in [0.3, 0.4) is 0 Å². The molecule has 2 heterocycles. The summed E-state index contributed by atoms with van der Waals surface area (Å²) in [5.41, 5.74) is -0.212. The molecule has 1 fully saturated rings. The van der Waals surface area contributed by atoms with E-state index in [4.69, 9.17) is 0 Å². The molecule has 1 aromatic rings. The Balaban J connectivity index is 2.13. The molecule has 0 bridgehead atoms. The van der Waals surface area contributed by atoms with Crippen LogP contribution < -0.4 is 5.32 Å². The Morgan fingerprint density at radius 3 is 2.19 bits per heavy atom. The van der Waals surface area contributed by atoms with Crippen molar-refractivity contribution in [2.45, 2.75) is 83.4 Å². The summed E-state index contributed by atoms with van der Waals surface area (Å²) in [7, 11) is -3.60.